The molecule has 3 heteroatoms. The number of nitrogens with zero attached hydrogens (tertiary/aromatic N) is 1. The van der Waals surface area contributed by atoms with E-state index in [0.29, 0.717) is 17.3 Å². The van der Waals surface area contributed by atoms with Crippen molar-refractivity contribution in [3.8, 4) is 39.1 Å². The largest absolute Gasteiger partial charge is 0.507 e. The summed E-state index contributed by atoms with van der Waals surface area (Å²) >= 11 is 0. The molecule has 0 bridgehead atoms. The standard InChI is InChI=1S/C54H52NOP/c56-52-48(50-44-29-15-13-23-40(44)37-41-24-14-16-30-45(41)50)33-18-34-49(52)54(42-25-9-3-10-26-42)35-36-57(43-27-11-4-12-28-43)53(54)55-51-46(38-19-5-1-6-20-38)31-17-32-47(51)39-21-7-2-8-22-39/h1-2,5-8,13-24,29-34,37,42-43,56H,3-4,9-12,25-28,35-36H2. The van der Waals surface area contributed by atoms with E-state index < -0.39 is 7.92 Å². The third kappa shape index (κ3) is 6.51. The molecule has 57 heavy (non-hydrogen) atoms. The smallest absolute Gasteiger partial charge is 0.127 e. The number of hydrogen-bond acceptors (Lipinski definition) is 2. The molecular weight excluding hydrogens is 710 g/mol. The van der Waals surface area contributed by atoms with Crippen LogP contribution in [0.2, 0.25) is 0 Å². The molecule has 0 spiro atoms. The Balaban J connectivity index is 1.27. The molecule has 2 atom stereocenters. The Morgan fingerprint density at radius 1 is 0.526 bits per heavy atom. The van der Waals surface area contributed by atoms with Crippen molar-refractivity contribution in [2.75, 3.05) is 6.16 Å². The van der Waals surface area contributed by atoms with Crippen LogP contribution in [0.4, 0.5) is 5.69 Å². The molecule has 10 rings (SSSR count). The van der Waals surface area contributed by atoms with Gasteiger partial charge in [-0.1, -0.05) is 192 Å². The number of aromatic hydroxyl groups is 1. The van der Waals surface area contributed by atoms with Crippen molar-refractivity contribution in [3.63, 3.8) is 0 Å². The molecule has 0 radical (unpaired) electrons. The van der Waals surface area contributed by atoms with Crippen molar-refractivity contribution in [3.05, 3.63) is 157 Å². The number of rotatable bonds is 7. The first-order chi connectivity index (χ1) is 28.2. The van der Waals surface area contributed by atoms with E-state index in [1.807, 2.05) is 0 Å². The second-order valence-corrected chi connectivity index (χ2v) is 19.3. The van der Waals surface area contributed by atoms with E-state index in [1.54, 1.807) is 0 Å². The van der Waals surface area contributed by atoms with Crippen LogP contribution in [-0.2, 0) is 5.41 Å². The molecule has 0 aromatic heterocycles. The van der Waals surface area contributed by atoms with E-state index in [0.717, 1.165) is 28.8 Å². The van der Waals surface area contributed by atoms with E-state index in [4.69, 9.17) is 4.99 Å². The van der Waals surface area contributed by atoms with Crippen LogP contribution in [-0.4, -0.2) is 22.4 Å². The summed E-state index contributed by atoms with van der Waals surface area (Å²) in [6, 6.07) is 55.0. The summed E-state index contributed by atoms with van der Waals surface area (Å²) in [5.74, 6) is 0.882. The highest BCUT2D eigenvalue weighted by Crippen LogP contribution is 2.67. The topological polar surface area (TPSA) is 32.6 Å². The van der Waals surface area contributed by atoms with Crippen molar-refractivity contribution in [1.29, 1.82) is 0 Å². The fourth-order valence-electron chi connectivity index (χ4n) is 11.0. The number of phenolic OH excluding ortho intramolecular Hbond substituents is 1. The molecule has 2 unspecified atom stereocenters. The lowest BCUT2D eigenvalue weighted by atomic mass is 9.63. The van der Waals surface area contributed by atoms with Gasteiger partial charge in [0, 0.05) is 33.2 Å². The highest BCUT2D eigenvalue weighted by Gasteiger charge is 2.54. The van der Waals surface area contributed by atoms with Gasteiger partial charge in [0.1, 0.15) is 5.75 Å². The maximum absolute atomic E-state index is 13.2. The highest BCUT2D eigenvalue weighted by molar-refractivity contribution is 7.76. The maximum Gasteiger partial charge on any atom is 0.127 e. The van der Waals surface area contributed by atoms with Crippen molar-refractivity contribution in [1.82, 2.24) is 0 Å². The molecule has 2 nitrogen and oxygen atoms in total. The molecule has 2 saturated carbocycles. The Morgan fingerprint density at radius 3 is 1.67 bits per heavy atom. The molecule has 3 fully saturated rings. The van der Waals surface area contributed by atoms with Gasteiger partial charge in [0.2, 0.25) is 0 Å². The molecule has 7 aromatic carbocycles. The lowest BCUT2D eigenvalue weighted by Gasteiger charge is -2.43. The van der Waals surface area contributed by atoms with Gasteiger partial charge in [0.25, 0.3) is 0 Å². The van der Waals surface area contributed by atoms with Gasteiger partial charge in [-0.05, 0) is 88.6 Å². The Hall–Kier alpha value is -5.04. The summed E-state index contributed by atoms with van der Waals surface area (Å²) in [5.41, 5.74) is 10.8. The van der Waals surface area contributed by atoms with Crippen LogP contribution in [0, 0.1) is 5.92 Å². The average molecular weight is 762 g/mol. The van der Waals surface area contributed by atoms with Crippen molar-refractivity contribution < 1.29 is 5.11 Å². The minimum Gasteiger partial charge on any atom is -0.507 e. The monoisotopic (exact) mass is 761 g/mol. The minimum atomic E-state index is -0.543. The third-order valence-electron chi connectivity index (χ3n) is 13.7. The molecule has 0 amide bonds. The number of hydrogen-bond donors (Lipinski definition) is 1. The average Bonchev–Trinajstić information content (AvgIpc) is 3.66. The van der Waals surface area contributed by atoms with Crippen LogP contribution in [0.1, 0.15) is 76.2 Å². The molecule has 3 aliphatic rings. The van der Waals surface area contributed by atoms with Gasteiger partial charge in [-0.15, -0.1) is 0 Å². The Labute approximate surface area is 339 Å². The Kier molecular flexibility index (Phi) is 10.0. The fourth-order valence-corrected chi connectivity index (χ4v) is 14.7. The maximum atomic E-state index is 13.2. The molecule has 7 aromatic rings. The molecule has 284 valence electrons. The lowest BCUT2D eigenvalue weighted by Crippen LogP contribution is -2.41. The van der Waals surface area contributed by atoms with Gasteiger partial charge in [-0.3, -0.25) is 4.99 Å². The van der Waals surface area contributed by atoms with Crippen molar-refractivity contribution >= 4 is 40.6 Å². The van der Waals surface area contributed by atoms with Crippen LogP contribution < -0.4 is 0 Å². The summed E-state index contributed by atoms with van der Waals surface area (Å²) in [6.45, 7) is 0. The van der Waals surface area contributed by atoms with Gasteiger partial charge in [-0.25, -0.2) is 0 Å². The van der Waals surface area contributed by atoms with Gasteiger partial charge in [-0.2, -0.15) is 0 Å². The van der Waals surface area contributed by atoms with E-state index in [1.165, 1.54) is 120 Å². The molecule has 1 saturated heterocycles. The first-order valence-corrected chi connectivity index (χ1v) is 23.1. The first kappa shape index (κ1) is 36.3. The SMILES string of the molecule is Oc1c(-c2c3ccccc3cc3ccccc23)cccc1C1(C2CCCCC2)CCP(C2CCCCC2)C1=Nc1c(-c2ccccc2)cccc1-c1ccccc1. The predicted octanol–water partition coefficient (Wildman–Crippen LogP) is 15.5. The molecule has 1 heterocycles. The van der Waals surface area contributed by atoms with Crippen LogP contribution in [0.3, 0.4) is 0 Å². The van der Waals surface area contributed by atoms with Crippen LogP contribution >= 0.6 is 7.92 Å². The number of benzene rings is 7. The highest BCUT2D eigenvalue weighted by atomic mass is 31.1. The molecule has 1 N–H and O–H groups in total. The second-order valence-electron chi connectivity index (χ2n) is 16.8. The lowest BCUT2D eigenvalue weighted by molar-refractivity contribution is 0.257. The minimum absolute atomic E-state index is 0.345. The van der Waals surface area contributed by atoms with E-state index in [2.05, 4.69) is 152 Å². The van der Waals surface area contributed by atoms with E-state index >= 15 is 0 Å². The zero-order valence-electron chi connectivity index (χ0n) is 32.9. The van der Waals surface area contributed by atoms with Crippen LogP contribution in [0.25, 0.3) is 54.9 Å². The van der Waals surface area contributed by atoms with Crippen LogP contribution in [0.5, 0.6) is 5.75 Å². The number of para-hydroxylation sites is 2. The molecule has 2 aliphatic carbocycles. The van der Waals surface area contributed by atoms with Crippen LogP contribution in [0.15, 0.2) is 157 Å². The number of aliphatic imine (C=N–C) groups is 1. The summed E-state index contributed by atoms with van der Waals surface area (Å²) in [6.07, 6.45) is 14.9. The second kappa shape index (κ2) is 15.7. The van der Waals surface area contributed by atoms with Crippen molar-refractivity contribution in [2.24, 2.45) is 10.9 Å². The van der Waals surface area contributed by atoms with Gasteiger partial charge >= 0.3 is 0 Å². The summed E-state index contributed by atoms with van der Waals surface area (Å²) in [4.78, 5) is 6.25. The van der Waals surface area contributed by atoms with E-state index in [9.17, 15) is 5.11 Å². The predicted molar refractivity (Wildman–Crippen MR) is 244 cm³/mol. The molecule has 1 aliphatic heterocycles. The Bertz CT molecular complexity index is 2450. The quantitative estimate of drug-likeness (QED) is 0.127. The Morgan fingerprint density at radius 2 is 1.05 bits per heavy atom. The summed E-state index contributed by atoms with van der Waals surface area (Å²) < 4.78 is 0. The zero-order valence-corrected chi connectivity index (χ0v) is 33.8. The fraction of sp³-hybridized carbons (Fsp3) is 0.278. The number of fused-ring (bicyclic) bond motifs is 2. The van der Waals surface area contributed by atoms with E-state index in [-0.39, 0.29) is 5.41 Å². The van der Waals surface area contributed by atoms with Crippen molar-refractivity contribution in [2.45, 2.75) is 81.7 Å². The number of phenols is 1. The molecular formula is C54H52NOP. The third-order valence-corrected chi connectivity index (χ3v) is 16.9. The van der Waals surface area contributed by atoms with Gasteiger partial charge < -0.3 is 5.11 Å². The first-order valence-electron chi connectivity index (χ1n) is 21.5. The normalized spacial score (nSPS) is 21.4. The van der Waals surface area contributed by atoms with Gasteiger partial charge in [0.05, 0.1) is 11.1 Å². The summed E-state index contributed by atoms with van der Waals surface area (Å²) in [7, 11) is -0.543. The zero-order chi connectivity index (χ0) is 38.2. The summed E-state index contributed by atoms with van der Waals surface area (Å²) in [5, 5.41) is 18.0. The van der Waals surface area contributed by atoms with Gasteiger partial charge in [0.15, 0.2) is 0 Å².